The number of methoxy groups -OCH3 is 1. The summed E-state index contributed by atoms with van der Waals surface area (Å²) in [5.74, 6) is 0.130. The largest absolute Gasteiger partial charge is 0.497 e. The standard InChI is InChI=1S/C28H30N2O3S/c1-18-9-10-19(2)22(15-18)17-30-24-7-5-6-8-25(24)34-26(28(30)32)20(3)27(31)29-16-21-11-13-23(33-4)14-12-21/h5-15,20,26H,16-17H2,1-4H3,(H,29,31)/t20-,26-/m0/s1. The number of para-hydroxylation sites is 1. The minimum absolute atomic E-state index is 0.0308. The number of rotatable bonds is 7. The van der Waals surface area contributed by atoms with Crippen molar-refractivity contribution in [3.05, 3.63) is 89.0 Å². The second kappa shape index (κ2) is 10.3. The molecular formula is C28H30N2O3S. The average molecular weight is 475 g/mol. The molecule has 0 bridgehead atoms. The molecule has 0 radical (unpaired) electrons. The molecule has 6 heteroatoms. The second-order valence-corrected chi connectivity index (χ2v) is 9.90. The number of hydrogen-bond donors (Lipinski definition) is 1. The number of thioether (sulfide) groups is 1. The number of nitrogens with one attached hydrogen (secondary N) is 1. The highest BCUT2D eigenvalue weighted by atomic mass is 32.2. The van der Waals surface area contributed by atoms with Crippen LogP contribution in [0.2, 0.25) is 0 Å². The molecule has 2 amide bonds. The van der Waals surface area contributed by atoms with Crippen LogP contribution >= 0.6 is 11.8 Å². The molecule has 0 spiro atoms. The molecular weight excluding hydrogens is 444 g/mol. The summed E-state index contributed by atoms with van der Waals surface area (Å²) in [4.78, 5) is 29.6. The quantitative estimate of drug-likeness (QED) is 0.507. The van der Waals surface area contributed by atoms with Gasteiger partial charge in [0, 0.05) is 11.4 Å². The Kier molecular flexibility index (Phi) is 7.27. The average Bonchev–Trinajstić information content (AvgIpc) is 2.86. The molecule has 0 aromatic heterocycles. The first kappa shape index (κ1) is 23.9. The molecule has 5 nitrogen and oxygen atoms in total. The summed E-state index contributed by atoms with van der Waals surface area (Å²) in [5, 5.41) is 2.51. The van der Waals surface area contributed by atoms with E-state index in [0.717, 1.165) is 38.6 Å². The normalized spacial score (nSPS) is 16.1. The fourth-order valence-electron chi connectivity index (χ4n) is 4.09. The van der Waals surface area contributed by atoms with E-state index in [4.69, 9.17) is 4.74 Å². The Morgan fingerprint density at radius 3 is 2.56 bits per heavy atom. The molecule has 0 saturated carbocycles. The number of nitrogens with zero attached hydrogens (tertiary/aromatic N) is 1. The highest BCUT2D eigenvalue weighted by Crippen LogP contribution is 2.42. The maximum absolute atomic E-state index is 13.7. The van der Waals surface area contributed by atoms with Crippen molar-refractivity contribution >= 4 is 29.3 Å². The van der Waals surface area contributed by atoms with Gasteiger partial charge in [-0.15, -0.1) is 11.8 Å². The Morgan fingerprint density at radius 1 is 1.09 bits per heavy atom. The van der Waals surface area contributed by atoms with E-state index in [2.05, 4.69) is 37.4 Å². The summed E-state index contributed by atoms with van der Waals surface area (Å²) in [6, 6.07) is 21.8. The van der Waals surface area contributed by atoms with Gasteiger partial charge in [-0.2, -0.15) is 0 Å². The van der Waals surface area contributed by atoms with E-state index in [-0.39, 0.29) is 11.8 Å². The van der Waals surface area contributed by atoms with E-state index in [1.54, 1.807) is 7.11 Å². The molecule has 4 rings (SSSR count). The van der Waals surface area contributed by atoms with Gasteiger partial charge in [0.05, 0.1) is 25.3 Å². The molecule has 3 aromatic carbocycles. The van der Waals surface area contributed by atoms with Crippen LogP contribution in [-0.4, -0.2) is 24.2 Å². The van der Waals surface area contributed by atoms with Gasteiger partial charge in [0.2, 0.25) is 11.8 Å². The van der Waals surface area contributed by atoms with Crippen LogP contribution in [0.3, 0.4) is 0 Å². The molecule has 0 fully saturated rings. The summed E-state index contributed by atoms with van der Waals surface area (Å²) in [6.07, 6.45) is 0. The van der Waals surface area contributed by atoms with Gasteiger partial charge in [-0.05, 0) is 54.8 Å². The topological polar surface area (TPSA) is 58.6 Å². The molecule has 1 aliphatic rings. The summed E-state index contributed by atoms with van der Waals surface area (Å²) in [5.41, 5.74) is 5.31. The molecule has 1 aliphatic heterocycles. The van der Waals surface area contributed by atoms with Crippen molar-refractivity contribution in [2.75, 3.05) is 12.0 Å². The summed E-state index contributed by atoms with van der Waals surface area (Å²) < 4.78 is 5.19. The molecule has 0 saturated heterocycles. The van der Waals surface area contributed by atoms with E-state index in [1.807, 2.05) is 60.4 Å². The Hall–Kier alpha value is -3.25. The smallest absolute Gasteiger partial charge is 0.241 e. The van der Waals surface area contributed by atoms with Crippen LogP contribution in [0.4, 0.5) is 5.69 Å². The number of anilines is 1. The predicted molar refractivity (Wildman–Crippen MR) is 137 cm³/mol. The third-order valence-corrected chi connectivity index (χ3v) is 7.71. The number of carbonyl (C=O) groups excluding carboxylic acids is 2. The van der Waals surface area contributed by atoms with Crippen molar-refractivity contribution in [2.45, 2.75) is 44.0 Å². The number of fused-ring (bicyclic) bond motifs is 1. The van der Waals surface area contributed by atoms with E-state index in [0.29, 0.717) is 13.1 Å². The summed E-state index contributed by atoms with van der Waals surface area (Å²) in [7, 11) is 1.62. The van der Waals surface area contributed by atoms with Gasteiger partial charge in [0.15, 0.2) is 0 Å². The molecule has 3 aromatic rings. The van der Waals surface area contributed by atoms with Gasteiger partial charge in [-0.1, -0.05) is 55.0 Å². The maximum Gasteiger partial charge on any atom is 0.241 e. The van der Waals surface area contributed by atoms with Crippen molar-refractivity contribution in [3.8, 4) is 5.75 Å². The molecule has 0 unspecified atom stereocenters. The molecule has 1 N–H and O–H groups in total. The Bertz CT molecular complexity index is 1190. The van der Waals surface area contributed by atoms with Crippen LogP contribution < -0.4 is 15.0 Å². The van der Waals surface area contributed by atoms with Crippen LogP contribution in [0.1, 0.15) is 29.2 Å². The first-order valence-electron chi connectivity index (χ1n) is 11.4. The minimum atomic E-state index is -0.490. The number of benzene rings is 3. The predicted octanol–water partition coefficient (Wildman–Crippen LogP) is 5.27. The van der Waals surface area contributed by atoms with Gasteiger partial charge in [0.25, 0.3) is 0 Å². The third-order valence-electron chi connectivity index (χ3n) is 6.25. The zero-order valence-electron chi connectivity index (χ0n) is 20.0. The van der Waals surface area contributed by atoms with Gasteiger partial charge < -0.3 is 15.0 Å². The number of hydrogen-bond acceptors (Lipinski definition) is 4. The lowest BCUT2D eigenvalue weighted by Crippen LogP contribution is -2.47. The Labute approximate surface area is 205 Å². The van der Waals surface area contributed by atoms with Gasteiger partial charge in [-0.3, -0.25) is 9.59 Å². The monoisotopic (exact) mass is 474 g/mol. The van der Waals surface area contributed by atoms with E-state index in [9.17, 15) is 9.59 Å². The second-order valence-electron chi connectivity index (χ2n) is 8.72. The van der Waals surface area contributed by atoms with Crippen LogP contribution in [0.15, 0.2) is 71.6 Å². The molecule has 0 aliphatic carbocycles. The lowest BCUT2D eigenvalue weighted by Gasteiger charge is -2.36. The minimum Gasteiger partial charge on any atom is -0.497 e. The van der Waals surface area contributed by atoms with Gasteiger partial charge in [-0.25, -0.2) is 0 Å². The van der Waals surface area contributed by atoms with Crippen molar-refractivity contribution in [2.24, 2.45) is 5.92 Å². The number of ether oxygens (including phenoxy) is 1. The van der Waals surface area contributed by atoms with Crippen molar-refractivity contribution < 1.29 is 14.3 Å². The van der Waals surface area contributed by atoms with Crippen molar-refractivity contribution in [1.29, 1.82) is 0 Å². The zero-order valence-corrected chi connectivity index (χ0v) is 20.8. The first-order valence-corrected chi connectivity index (χ1v) is 12.3. The summed E-state index contributed by atoms with van der Waals surface area (Å²) >= 11 is 1.48. The maximum atomic E-state index is 13.7. The van der Waals surface area contributed by atoms with Crippen molar-refractivity contribution in [1.82, 2.24) is 5.32 Å². The Morgan fingerprint density at radius 2 is 1.82 bits per heavy atom. The number of aryl methyl sites for hydroxylation is 2. The fourth-order valence-corrected chi connectivity index (χ4v) is 5.38. The zero-order chi connectivity index (χ0) is 24.2. The van der Waals surface area contributed by atoms with Crippen LogP contribution in [0.5, 0.6) is 5.75 Å². The third kappa shape index (κ3) is 5.12. The van der Waals surface area contributed by atoms with Crippen molar-refractivity contribution in [3.63, 3.8) is 0 Å². The van der Waals surface area contributed by atoms with Gasteiger partial charge in [0.1, 0.15) is 11.0 Å². The highest BCUT2D eigenvalue weighted by molar-refractivity contribution is 8.01. The van der Waals surface area contributed by atoms with E-state index < -0.39 is 11.2 Å². The fraction of sp³-hybridized carbons (Fsp3) is 0.286. The van der Waals surface area contributed by atoms with E-state index in [1.165, 1.54) is 11.8 Å². The SMILES string of the molecule is COc1ccc(CNC(=O)[C@@H](C)[C@@H]2Sc3ccccc3N(Cc3cc(C)ccc3C)C2=O)cc1. The molecule has 2 atom stereocenters. The lowest BCUT2D eigenvalue weighted by molar-refractivity contribution is -0.128. The van der Waals surface area contributed by atoms with Crippen LogP contribution in [0, 0.1) is 19.8 Å². The molecule has 1 heterocycles. The van der Waals surface area contributed by atoms with Crippen LogP contribution in [-0.2, 0) is 22.7 Å². The molecule has 176 valence electrons. The lowest BCUT2D eigenvalue weighted by atomic mass is 10.0. The number of amides is 2. The molecule has 34 heavy (non-hydrogen) atoms. The van der Waals surface area contributed by atoms with Gasteiger partial charge >= 0.3 is 0 Å². The van der Waals surface area contributed by atoms with E-state index >= 15 is 0 Å². The summed E-state index contributed by atoms with van der Waals surface area (Å²) in [6.45, 7) is 6.85. The Balaban J connectivity index is 1.52. The van der Waals surface area contributed by atoms with Crippen LogP contribution in [0.25, 0.3) is 0 Å². The number of carbonyl (C=O) groups is 2. The first-order chi connectivity index (χ1) is 16.4. The highest BCUT2D eigenvalue weighted by Gasteiger charge is 2.39.